The molecule has 4 aromatic rings. The third-order valence-electron chi connectivity index (χ3n) is 10.0. The summed E-state index contributed by atoms with van der Waals surface area (Å²) in [6.45, 7) is 4.56. The van der Waals surface area contributed by atoms with Gasteiger partial charge >= 0.3 is 36.0 Å². The van der Waals surface area contributed by atoms with Gasteiger partial charge < -0.3 is 19.7 Å². The van der Waals surface area contributed by atoms with Gasteiger partial charge in [-0.15, -0.1) is 0 Å². The molecule has 0 fully saturated rings. The number of halogens is 3. The van der Waals surface area contributed by atoms with Crippen molar-refractivity contribution in [2.75, 3.05) is 14.2 Å². The Hall–Kier alpha value is -4.88. The van der Waals surface area contributed by atoms with Crippen molar-refractivity contribution in [3.05, 3.63) is 107 Å². The Balaban J connectivity index is 0.000000561. The molecule has 2 aromatic heterocycles. The molecule has 66 heavy (non-hydrogen) atoms. The molecule has 0 aliphatic rings. The summed E-state index contributed by atoms with van der Waals surface area (Å²) < 4.78 is 67.5. The molecule has 0 aliphatic heterocycles. The van der Waals surface area contributed by atoms with Crippen LogP contribution in [0.3, 0.4) is 0 Å². The van der Waals surface area contributed by atoms with Gasteiger partial charge in [0.2, 0.25) is 0 Å². The molecule has 0 saturated carbocycles. The van der Waals surface area contributed by atoms with E-state index >= 15 is 0 Å². The van der Waals surface area contributed by atoms with E-state index in [4.69, 9.17) is 22.4 Å². The largest absolute Gasteiger partial charge is 2.00 e. The zero-order valence-corrected chi connectivity index (χ0v) is 40.7. The fraction of sp³-hybridized carbons (Fsp3) is 0.440. The van der Waals surface area contributed by atoms with E-state index in [1.165, 1.54) is 140 Å². The minimum absolute atomic E-state index is 0. The molecule has 0 amide bonds. The van der Waals surface area contributed by atoms with Gasteiger partial charge in [0.1, 0.15) is 0 Å². The quantitative estimate of drug-likeness (QED) is 0.0144. The van der Waals surface area contributed by atoms with Crippen LogP contribution in [-0.2, 0) is 53.0 Å². The maximum absolute atomic E-state index is 11.9. The summed E-state index contributed by atoms with van der Waals surface area (Å²) in [5.41, 5.74) is 0.635. The van der Waals surface area contributed by atoms with Gasteiger partial charge in [-0.2, -0.15) is 21.6 Å². The van der Waals surface area contributed by atoms with Crippen LogP contribution in [0, 0.1) is 0 Å². The summed E-state index contributed by atoms with van der Waals surface area (Å²) in [6, 6.07) is 18.2. The van der Waals surface area contributed by atoms with Gasteiger partial charge in [0.25, 0.3) is 0 Å². The number of hydrogen-bond acceptors (Lipinski definition) is 10. The summed E-state index contributed by atoms with van der Waals surface area (Å²) in [6.07, 6.45) is 30.7. The molecule has 11 nitrogen and oxygen atoms in total. The van der Waals surface area contributed by atoms with Crippen molar-refractivity contribution in [3.8, 4) is 34.4 Å². The van der Waals surface area contributed by atoms with E-state index in [-0.39, 0.29) is 49.9 Å². The zero-order valence-electron chi connectivity index (χ0n) is 38.3. The Morgan fingerprint density at radius 1 is 0.606 bits per heavy atom. The molecule has 2 aromatic carbocycles. The van der Waals surface area contributed by atoms with E-state index < -0.39 is 15.6 Å². The Morgan fingerprint density at radius 3 is 1.29 bits per heavy atom. The first-order valence-electron chi connectivity index (χ1n) is 22.1. The van der Waals surface area contributed by atoms with Crippen LogP contribution in [0.25, 0.3) is 23.5 Å². The van der Waals surface area contributed by atoms with E-state index in [1.54, 1.807) is 36.4 Å². The van der Waals surface area contributed by atoms with Crippen molar-refractivity contribution in [1.82, 2.24) is 9.97 Å². The van der Waals surface area contributed by atoms with Crippen molar-refractivity contribution in [2.24, 2.45) is 0 Å². The van der Waals surface area contributed by atoms with Crippen LogP contribution in [0.5, 0.6) is 23.0 Å². The van der Waals surface area contributed by atoms with E-state index in [1.807, 2.05) is 12.4 Å². The van der Waals surface area contributed by atoms with Crippen molar-refractivity contribution in [3.63, 3.8) is 0 Å². The van der Waals surface area contributed by atoms with Crippen LogP contribution in [-0.4, -0.2) is 64.4 Å². The number of unbranched alkanes of at least 4 members (excludes halogenated alkanes) is 12. The number of methoxy groups -OCH3 is 2. The molecule has 364 valence electrons. The van der Waals surface area contributed by atoms with Gasteiger partial charge in [-0.3, -0.25) is 24.1 Å². The van der Waals surface area contributed by atoms with E-state index in [9.17, 15) is 33.0 Å². The molecule has 0 aliphatic carbocycles. The van der Waals surface area contributed by atoms with Crippen LogP contribution in [0.4, 0.5) is 13.2 Å². The molecule has 0 spiro atoms. The van der Waals surface area contributed by atoms with Crippen LogP contribution in [0.2, 0.25) is 0 Å². The number of aryl methyl sites for hydroxylation is 2. The number of carbonyl (C=O) groups excluding carboxylic acids is 2. The van der Waals surface area contributed by atoms with Gasteiger partial charge in [-0.05, 0) is 109 Å². The predicted molar refractivity (Wildman–Crippen MR) is 250 cm³/mol. The number of phenolic OH excluding ortho intramolecular Hbond substituents is 2. The molecule has 0 radical (unpaired) electrons. The van der Waals surface area contributed by atoms with Crippen LogP contribution in [0.15, 0.2) is 85.2 Å². The minimum Gasteiger partial charge on any atom is -0.504 e. The minimum atomic E-state index is -5.84. The smallest absolute Gasteiger partial charge is 0.504 e. The number of hydrogen-bond donors (Lipinski definition) is 3. The summed E-state index contributed by atoms with van der Waals surface area (Å²) in [4.78, 5) is 33.1. The molecule has 0 saturated heterocycles. The maximum atomic E-state index is 11.9. The number of ketones is 2. The second kappa shape index (κ2) is 32.7. The molecule has 0 atom stereocenters. The van der Waals surface area contributed by atoms with Crippen LogP contribution >= 0.6 is 0 Å². The molecule has 0 bridgehead atoms. The first-order chi connectivity index (χ1) is 31.0. The molecular formula is C50H65F3N2O9PdS+2. The zero-order chi connectivity index (χ0) is 48.1. The van der Waals surface area contributed by atoms with Crippen molar-refractivity contribution in [2.45, 2.75) is 129 Å². The normalized spacial score (nSPS) is 11.3. The molecular weight excluding hydrogens is 968 g/mol. The van der Waals surface area contributed by atoms with Gasteiger partial charge in [0, 0.05) is 12.4 Å². The second-order valence-corrected chi connectivity index (χ2v) is 16.8. The topological polar surface area (TPSA) is 173 Å². The number of allylic oxidation sites excluding steroid dienone is 2. The van der Waals surface area contributed by atoms with Gasteiger partial charge in [0.05, 0.1) is 32.0 Å². The first kappa shape index (κ1) is 59.1. The maximum Gasteiger partial charge on any atom is 2.00 e. The number of carbonyl (C=O) groups is 2. The summed E-state index contributed by atoms with van der Waals surface area (Å²) >= 11 is 0. The number of aromatic nitrogens is 2. The number of phenols is 2. The van der Waals surface area contributed by atoms with Gasteiger partial charge in [-0.1, -0.05) is 115 Å². The number of benzene rings is 2. The first-order valence-corrected chi connectivity index (χ1v) is 23.5. The average molecular weight is 1030 g/mol. The number of pyridine rings is 2. The van der Waals surface area contributed by atoms with Crippen LogP contribution in [0.1, 0.15) is 132 Å². The Morgan fingerprint density at radius 2 is 0.955 bits per heavy atom. The average Bonchev–Trinajstić information content (AvgIpc) is 3.28. The Kier molecular flexibility index (Phi) is 29.3. The van der Waals surface area contributed by atoms with Gasteiger partial charge in [-0.25, -0.2) is 0 Å². The van der Waals surface area contributed by atoms with Crippen LogP contribution < -0.4 is 9.47 Å². The summed E-state index contributed by atoms with van der Waals surface area (Å²) in [5.74, 6) is -0.0832. The van der Waals surface area contributed by atoms with E-state index in [0.29, 0.717) is 22.6 Å². The second-order valence-electron chi connectivity index (χ2n) is 15.4. The fourth-order valence-electron chi connectivity index (χ4n) is 6.38. The number of aromatic hydroxyl groups is 2. The molecule has 0 unspecified atom stereocenters. The third kappa shape index (κ3) is 24.6. The standard InChI is InChI=1S/C28H44N2.C21H20O6.CHF3O3S.Pd/c1-3-5-7-9-11-13-15-17-25-19-21-29-27(23-25)28-24-26(20-22-30-28)18-16-14-12-10-8-6-4-2;1-26-20-11-14(5-9-18(20)24)3-7-16(22)13-17(23)8-4-15-6-10-19(25)21(12-15)27-2;2-1(3,4)8(5,6)7;/h19-24H,3-18H2,1-2H3;3-12,24-25H,13H2,1-2H3;(H,5,6,7);/q;;;+2/b;7-3+,8-4+;;. The Labute approximate surface area is 402 Å². The fourth-order valence-corrected chi connectivity index (χ4v) is 6.38. The monoisotopic (exact) mass is 1030 g/mol. The summed E-state index contributed by atoms with van der Waals surface area (Å²) in [7, 11) is -2.97. The molecule has 2 heterocycles. The van der Waals surface area contributed by atoms with Gasteiger partial charge in [0.15, 0.2) is 34.6 Å². The predicted octanol–water partition coefficient (Wildman–Crippen LogP) is 12.5. The SMILES string of the molecule is CCCCCCCCCc1ccnc(-c2cc(CCCCCCCCC)ccn2)c1.COc1cc(/C=C/C(=O)CC(=O)/C=C/c2ccc(O)c(OC)c2)ccc1O.O=S(=O)(O)C(F)(F)F.[Pd+2]. The number of nitrogens with zero attached hydrogens (tertiary/aromatic N) is 2. The van der Waals surface area contributed by atoms with Crippen molar-refractivity contribution < 1.29 is 75.8 Å². The number of ether oxygens (including phenoxy) is 2. The third-order valence-corrected chi connectivity index (χ3v) is 10.6. The summed E-state index contributed by atoms with van der Waals surface area (Å²) in [5, 5.41) is 19.1. The molecule has 3 N–H and O–H groups in total. The van der Waals surface area contributed by atoms with E-state index in [0.717, 1.165) is 24.2 Å². The molecule has 4 rings (SSSR count). The van der Waals surface area contributed by atoms with Crippen molar-refractivity contribution >= 4 is 33.8 Å². The Bertz CT molecular complexity index is 2080. The number of alkyl halides is 3. The van der Waals surface area contributed by atoms with E-state index in [2.05, 4.69) is 48.1 Å². The number of rotatable bonds is 25. The van der Waals surface area contributed by atoms with Crippen molar-refractivity contribution in [1.29, 1.82) is 0 Å². The molecule has 16 heteroatoms.